The summed E-state index contributed by atoms with van der Waals surface area (Å²) in [6, 6.07) is 2.99. The summed E-state index contributed by atoms with van der Waals surface area (Å²) in [6.07, 6.45) is 0. The van der Waals surface area contributed by atoms with E-state index in [0.29, 0.717) is 17.6 Å². The van der Waals surface area contributed by atoms with Crippen LogP contribution in [-0.2, 0) is 16.1 Å². The average Bonchev–Trinajstić information content (AvgIpc) is 2.10. The van der Waals surface area contributed by atoms with Gasteiger partial charge in [-0.05, 0) is 30.2 Å². The van der Waals surface area contributed by atoms with Crippen LogP contribution in [0.3, 0.4) is 0 Å². The van der Waals surface area contributed by atoms with Gasteiger partial charge in [-0.3, -0.25) is 4.79 Å². The van der Waals surface area contributed by atoms with E-state index in [1.54, 1.807) is 13.0 Å². The highest BCUT2D eigenvalue weighted by molar-refractivity contribution is 5.47. The molecule has 1 aromatic rings. The number of phenolic OH excluding ortho intramolecular Hbond substituents is 2. The number of aromatic hydroxyl groups is 2. The van der Waals surface area contributed by atoms with Crippen molar-refractivity contribution in [2.75, 3.05) is 0 Å². The van der Waals surface area contributed by atoms with Crippen molar-refractivity contribution >= 4 is 6.47 Å². The molecule has 0 atom stereocenters. The second-order valence-electron chi connectivity index (χ2n) is 2.69. The number of phenols is 2. The summed E-state index contributed by atoms with van der Waals surface area (Å²) < 4.78 is 4.50. The Labute approximate surface area is 75.4 Å². The third-order valence-corrected chi connectivity index (χ3v) is 1.66. The van der Waals surface area contributed by atoms with Crippen LogP contribution in [-0.4, -0.2) is 16.7 Å². The highest BCUT2D eigenvalue weighted by atomic mass is 16.5. The van der Waals surface area contributed by atoms with Gasteiger partial charge in [0.05, 0.1) is 0 Å². The monoisotopic (exact) mass is 182 g/mol. The lowest BCUT2D eigenvalue weighted by Crippen LogP contribution is -1.91. The zero-order valence-electron chi connectivity index (χ0n) is 7.15. The zero-order chi connectivity index (χ0) is 9.84. The molecule has 70 valence electrons. The molecule has 4 nitrogen and oxygen atoms in total. The Kier molecular flexibility index (Phi) is 2.74. The summed E-state index contributed by atoms with van der Waals surface area (Å²) in [7, 11) is 0. The minimum Gasteiger partial charge on any atom is -0.504 e. The molecule has 0 fully saturated rings. The lowest BCUT2D eigenvalue weighted by Gasteiger charge is -2.05. The molecular weight excluding hydrogens is 172 g/mol. The highest BCUT2D eigenvalue weighted by Gasteiger charge is 2.05. The second kappa shape index (κ2) is 3.80. The van der Waals surface area contributed by atoms with Gasteiger partial charge >= 0.3 is 0 Å². The van der Waals surface area contributed by atoms with Gasteiger partial charge in [-0.15, -0.1) is 0 Å². The van der Waals surface area contributed by atoms with E-state index in [1.807, 2.05) is 0 Å². The molecule has 0 aliphatic heterocycles. The molecule has 0 heterocycles. The van der Waals surface area contributed by atoms with E-state index >= 15 is 0 Å². The number of aryl methyl sites for hydroxylation is 1. The number of rotatable bonds is 3. The standard InChI is InChI=1S/C9H10O4/c1-6-2-7(4-13-5-10)3-8(11)9(6)12/h2-3,5,11-12H,4H2,1H3. The Balaban J connectivity index is 2.92. The van der Waals surface area contributed by atoms with E-state index < -0.39 is 0 Å². The largest absolute Gasteiger partial charge is 0.504 e. The van der Waals surface area contributed by atoms with Crippen molar-refractivity contribution in [3.63, 3.8) is 0 Å². The van der Waals surface area contributed by atoms with Crippen LogP contribution in [0.1, 0.15) is 11.1 Å². The quantitative estimate of drug-likeness (QED) is 0.542. The maximum absolute atomic E-state index is 9.88. The maximum Gasteiger partial charge on any atom is 0.293 e. The first kappa shape index (κ1) is 9.38. The molecule has 2 N–H and O–H groups in total. The van der Waals surface area contributed by atoms with Gasteiger partial charge < -0.3 is 14.9 Å². The van der Waals surface area contributed by atoms with Crippen molar-refractivity contribution in [3.05, 3.63) is 23.3 Å². The highest BCUT2D eigenvalue weighted by Crippen LogP contribution is 2.29. The summed E-state index contributed by atoms with van der Waals surface area (Å²) in [6.45, 7) is 2.08. The minimum absolute atomic E-state index is 0.0954. The van der Waals surface area contributed by atoms with Gasteiger partial charge in [-0.2, -0.15) is 0 Å². The van der Waals surface area contributed by atoms with Gasteiger partial charge in [-0.1, -0.05) is 0 Å². The van der Waals surface area contributed by atoms with Crippen molar-refractivity contribution in [1.29, 1.82) is 0 Å². The molecule has 0 aromatic heterocycles. The lowest BCUT2D eigenvalue weighted by atomic mass is 10.1. The Morgan fingerprint density at radius 2 is 2.15 bits per heavy atom. The van der Waals surface area contributed by atoms with E-state index in [1.165, 1.54) is 6.07 Å². The molecule has 0 bridgehead atoms. The molecule has 0 saturated heterocycles. The van der Waals surface area contributed by atoms with Crippen LogP contribution in [0.25, 0.3) is 0 Å². The van der Waals surface area contributed by atoms with Crippen molar-refractivity contribution < 1.29 is 19.7 Å². The molecule has 0 saturated carbocycles. The van der Waals surface area contributed by atoms with E-state index in [-0.39, 0.29) is 18.1 Å². The predicted molar refractivity (Wildman–Crippen MR) is 45.4 cm³/mol. The molecule has 1 rings (SSSR count). The normalized spacial score (nSPS) is 9.62. The number of benzene rings is 1. The molecule has 0 unspecified atom stereocenters. The van der Waals surface area contributed by atoms with Crippen molar-refractivity contribution in [1.82, 2.24) is 0 Å². The van der Waals surface area contributed by atoms with E-state index in [2.05, 4.69) is 4.74 Å². The van der Waals surface area contributed by atoms with Crippen LogP contribution < -0.4 is 0 Å². The van der Waals surface area contributed by atoms with Gasteiger partial charge in [-0.25, -0.2) is 0 Å². The molecular formula is C9H10O4. The number of carbonyl (C=O) groups excluding carboxylic acids is 1. The van der Waals surface area contributed by atoms with Gasteiger partial charge in [0, 0.05) is 0 Å². The number of carbonyl (C=O) groups is 1. The van der Waals surface area contributed by atoms with Crippen LogP contribution in [0.15, 0.2) is 12.1 Å². The number of hydrogen-bond donors (Lipinski definition) is 2. The Hall–Kier alpha value is -1.71. The third kappa shape index (κ3) is 2.11. The average molecular weight is 182 g/mol. The zero-order valence-corrected chi connectivity index (χ0v) is 7.15. The van der Waals surface area contributed by atoms with Crippen molar-refractivity contribution in [2.24, 2.45) is 0 Å². The Bertz CT molecular complexity index is 296. The van der Waals surface area contributed by atoms with Gasteiger partial charge in [0.25, 0.3) is 6.47 Å². The third-order valence-electron chi connectivity index (χ3n) is 1.66. The fourth-order valence-electron chi connectivity index (χ4n) is 1.05. The first-order valence-electron chi connectivity index (χ1n) is 3.72. The minimum atomic E-state index is -0.204. The van der Waals surface area contributed by atoms with Crippen LogP contribution >= 0.6 is 0 Å². The summed E-state index contributed by atoms with van der Waals surface area (Å²) in [5.41, 5.74) is 1.18. The summed E-state index contributed by atoms with van der Waals surface area (Å²) in [4.78, 5) is 9.88. The van der Waals surface area contributed by atoms with Gasteiger partial charge in [0.1, 0.15) is 6.61 Å². The van der Waals surface area contributed by atoms with Crippen molar-refractivity contribution in [3.8, 4) is 11.5 Å². The SMILES string of the molecule is Cc1cc(COC=O)cc(O)c1O. The second-order valence-corrected chi connectivity index (χ2v) is 2.69. The van der Waals surface area contributed by atoms with E-state index in [4.69, 9.17) is 0 Å². The molecule has 0 aliphatic carbocycles. The molecule has 1 aromatic carbocycles. The Morgan fingerprint density at radius 3 is 2.69 bits per heavy atom. The fraction of sp³-hybridized carbons (Fsp3) is 0.222. The van der Waals surface area contributed by atoms with Gasteiger partial charge in [0.2, 0.25) is 0 Å². The molecule has 4 heteroatoms. The molecule has 0 radical (unpaired) electrons. The molecule has 0 spiro atoms. The number of hydrogen-bond acceptors (Lipinski definition) is 4. The summed E-state index contributed by atoms with van der Waals surface area (Å²) >= 11 is 0. The molecule has 0 amide bonds. The first-order valence-corrected chi connectivity index (χ1v) is 3.72. The van der Waals surface area contributed by atoms with E-state index in [9.17, 15) is 15.0 Å². The van der Waals surface area contributed by atoms with Gasteiger partial charge in [0.15, 0.2) is 11.5 Å². The lowest BCUT2D eigenvalue weighted by molar-refractivity contribution is -0.129. The first-order chi connectivity index (χ1) is 6.15. The van der Waals surface area contributed by atoms with Crippen LogP contribution in [0.4, 0.5) is 0 Å². The summed E-state index contributed by atoms with van der Waals surface area (Å²) in [5.74, 6) is -0.348. The summed E-state index contributed by atoms with van der Waals surface area (Å²) in [5, 5.41) is 18.4. The van der Waals surface area contributed by atoms with Crippen molar-refractivity contribution in [2.45, 2.75) is 13.5 Å². The van der Waals surface area contributed by atoms with Crippen LogP contribution in [0.5, 0.6) is 11.5 Å². The maximum atomic E-state index is 9.88. The predicted octanol–water partition coefficient (Wildman–Crippen LogP) is 1.08. The topological polar surface area (TPSA) is 66.8 Å². The fourth-order valence-corrected chi connectivity index (χ4v) is 1.05. The molecule has 0 aliphatic rings. The van der Waals surface area contributed by atoms with E-state index in [0.717, 1.165) is 0 Å². The Morgan fingerprint density at radius 1 is 1.46 bits per heavy atom. The smallest absolute Gasteiger partial charge is 0.293 e. The van der Waals surface area contributed by atoms with Crippen LogP contribution in [0.2, 0.25) is 0 Å². The number of ether oxygens (including phenoxy) is 1. The van der Waals surface area contributed by atoms with Crippen LogP contribution in [0, 0.1) is 6.92 Å². The molecule has 13 heavy (non-hydrogen) atoms.